The number of thioether (sulfide) groups is 1. The number of nitrogens with zero attached hydrogens (tertiary/aromatic N) is 5. The average Bonchev–Trinajstić information content (AvgIpc) is 3.15. The second-order valence-corrected chi connectivity index (χ2v) is 7.50. The first kappa shape index (κ1) is 20.6. The fourth-order valence-corrected chi connectivity index (χ4v) is 3.31. The van der Waals surface area contributed by atoms with Crippen molar-refractivity contribution in [1.82, 2.24) is 25.1 Å². The molecule has 8 nitrogen and oxygen atoms in total. The fraction of sp³-hybridized carbons (Fsp3) is 0.350. The van der Waals surface area contributed by atoms with E-state index in [1.54, 1.807) is 46.9 Å². The molecule has 0 saturated heterocycles. The number of carbonyl (C=O) groups excluding carboxylic acids is 1. The van der Waals surface area contributed by atoms with Gasteiger partial charge in [-0.25, -0.2) is 14.6 Å². The molecule has 2 N–H and O–H groups in total. The summed E-state index contributed by atoms with van der Waals surface area (Å²) in [4.78, 5) is 21.5. The molecule has 9 heteroatoms. The number of hydrogen-bond acceptors (Lipinski definition) is 7. The molecule has 0 aliphatic carbocycles. The third kappa shape index (κ3) is 5.03. The molecule has 0 saturated carbocycles. The zero-order chi connectivity index (χ0) is 20.6. The van der Waals surface area contributed by atoms with Gasteiger partial charge in [0, 0.05) is 18.7 Å². The molecule has 150 valence electrons. The highest BCUT2D eigenvalue weighted by atomic mass is 32.2. The number of anilines is 1. The first-order chi connectivity index (χ1) is 14.2. The van der Waals surface area contributed by atoms with E-state index >= 15 is 0 Å². The van der Waals surface area contributed by atoms with Crippen molar-refractivity contribution in [3.63, 3.8) is 0 Å². The molecule has 2 aromatic heterocycles. The molecule has 0 radical (unpaired) electrons. The van der Waals surface area contributed by atoms with Crippen molar-refractivity contribution in [1.29, 1.82) is 5.26 Å². The number of aromatic nitrogens is 4. The van der Waals surface area contributed by atoms with Crippen LogP contribution in [0.4, 0.5) is 5.82 Å². The summed E-state index contributed by atoms with van der Waals surface area (Å²) in [6, 6.07) is 8.59. The molecule has 0 aliphatic heterocycles. The number of fused-ring (bicyclic) bond motifs is 1. The van der Waals surface area contributed by atoms with E-state index in [9.17, 15) is 4.79 Å². The van der Waals surface area contributed by atoms with E-state index in [1.807, 2.05) is 6.07 Å². The normalized spacial score (nSPS) is 10.7. The van der Waals surface area contributed by atoms with Crippen molar-refractivity contribution >= 4 is 34.5 Å². The SMILES string of the molecule is CCCNc1nc(SCC)nc2c1cnn2CCNC(=O)c1ccc(C#N)cc1. The van der Waals surface area contributed by atoms with Crippen LogP contribution in [0.3, 0.4) is 0 Å². The van der Waals surface area contributed by atoms with Crippen LogP contribution < -0.4 is 10.6 Å². The van der Waals surface area contributed by atoms with Crippen molar-refractivity contribution in [3.8, 4) is 6.07 Å². The zero-order valence-corrected chi connectivity index (χ0v) is 17.3. The molecule has 0 fully saturated rings. The van der Waals surface area contributed by atoms with Crippen LogP contribution in [0.15, 0.2) is 35.6 Å². The predicted octanol–water partition coefficient (Wildman–Crippen LogP) is 3.06. The lowest BCUT2D eigenvalue weighted by molar-refractivity contribution is 0.0952. The van der Waals surface area contributed by atoms with E-state index in [0.717, 1.165) is 35.6 Å². The quantitative estimate of drug-likeness (QED) is 0.413. The van der Waals surface area contributed by atoms with Crippen LogP contribution >= 0.6 is 11.8 Å². The molecule has 2 heterocycles. The molecule has 3 rings (SSSR count). The van der Waals surface area contributed by atoms with Crippen LogP contribution in [0, 0.1) is 11.3 Å². The molecule has 0 atom stereocenters. The molecular formula is C20H23N7OS. The maximum absolute atomic E-state index is 12.3. The summed E-state index contributed by atoms with van der Waals surface area (Å²) in [6.07, 6.45) is 2.76. The standard InChI is InChI=1S/C20H23N7OS/c1-3-9-22-17-16-13-24-27(18(16)26-20(25-17)29-4-2)11-10-23-19(28)15-7-5-14(12-21)6-8-15/h5-8,13H,3-4,9-11H2,1-2H3,(H,23,28)(H,22,25,26). The van der Waals surface area contributed by atoms with Crippen molar-refractivity contribution in [2.75, 3.05) is 24.2 Å². The Labute approximate surface area is 173 Å². The topological polar surface area (TPSA) is 109 Å². The van der Waals surface area contributed by atoms with E-state index in [2.05, 4.69) is 39.5 Å². The Morgan fingerprint density at radius 3 is 2.69 bits per heavy atom. The maximum Gasteiger partial charge on any atom is 0.251 e. The van der Waals surface area contributed by atoms with Crippen LogP contribution in [0.5, 0.6) is 0 Å². The first-order valence-corrected chi connectivity index (χ1v) is 10.5. The summed E-state index contributed by atoms with van der Waals surface area (Å²) in [5.74, 6) is 1.49. The van der Waals surface area contributed by atoms with E-state index in [0.29, 0.717) is 29.4 Å². The number of nitriles is 1. The summed E-state index contributed by atoms with van der Waals surface area (Å²) in [5, 5.41) is 21.1. The van der Waals surface area contributed by atoms with Gasteiger partial charge < -0.3 is 10.6 Å². The van der Waals surface area contributed by atoms with Gasteiger partial charge in [-0.3, -0.25) is 4.79 Å². The van der Waals surface area contributed by atoms with Gasteiger partial charge in [0.05, 0.1) is 29.8 Å². The highest BCUT2D eigenvalue weighted by molar-refractivity contribution is 7.99. The zero-order valence-electron chi connectivity index (χ0n) is 16.5. The second-order valence-electron chi connectivity index (χ2n) is 6.26. The van der Waals surface area contributed by atoms with Gasteiger partial charge in [-0.15, -0.1) is 0 Å². The molecule has 0 bridgehead atoms. The van der Waals surface area contributed by atoms with Crippen molar-refractivity contribution in [2.24, 2.45) is 0 Å². The van der Waals surface area contributed by atoms with E-state index in [-0.39, 0.29) is 5.91 Å². The van der Waals surface area contributed by atoms with Gasteiger partial charge in [0.2, 0.25) is 0 Å². The van der Waals surface area contributed by atoms with Gasteiger partial charge in [0.25, 0.3) is 5.91 Å². The van der Waals surface area contributed by atoms with E-state index < -0.39 is 0 Å². The van der Waals surface area contributed by atoms with Crippen LogP contribution in [-0.2, 0) is 6.54 Å². The lowest BCUT2D eigenvalue weighted by Gasteiger charge is -2.09. The number of benzene rings is 1. The monoisotopic (exact) mass is 409 g/mol. The Morgan fingerprint density at radius 2 is 2.00 bits per heavy atom. The van der Waals surface area contributed by atoms with Crippen molar-refractivity contribution < 1.29 is 4.79 Å². The molecule has 0 aliphatic rings. The largest absolute Gasteiger partial charge is 0.369 e. The van der Waals surface area contributed by atoms with Gasteiger partial charge in [-0.2, -0.15) is 10.4 Å². The highest BCUT2D eigenvalue weighted by Crippen LogP contribution is 2.24. The molecule has 0 spiro atoms. The van der Waals surface area contributed by atoms with Crippen LogP contribution in [0.2, 0.25) is 0 Å². The van der Waals surface area contributed by atoms with Gasteiger partial charge in [-0.05, 0) is 36.4 Å². The Kier molecular flexibility index (Phi) is 7.03. The second kappa shape index (κ2) is 9.89. The molecule has 1 amide bonds. The minimum absolute atomic E-state index is 0.187. The number of rotatable bonds is 9. The summed E-state index contributed by atoms with van der Waals surface area (Å²) >= 11 is 1.58. The molecule has 29 heavy (non-hydrogen) atoms. The Hall–Kier alpha value is -3.12. The smallest absolute Gasteiger partial charge is 0.251 e. The highest BCUT2D eigenvalue weighted by Gasteiger charge is 2.13. The lowest BCUT2D eigenvalue weighted by Crippen LogP contribution is -2.27. The number of nitrogens with one attached hydrogen (secondary N) is 2. The van der Waals surface area contributed by atoms with Crippen molar-refractivity contribution in [2.45, 2.75) is 32.0 Å². The maximum atomic E-state index is 12.3. The average molecular weight is 410 g/mol. The third-order valence-electron chi connectivity index (χ3n) is 4.18. The Balaban J connectivity index is 1.71. The summed E-state index contributed by atoms with van der Waals surface area (Å²) in [6.45, 7) is 5.90. The van der Waals surface area contributed by atoms with E-state index in [4.69, 9.17) is 5.26 Å². The minimum atomic E-state index is -0.187. The number of amides is 1. The van der Waals surface area contributed by atoms with Crippen LogP contribution in [0.1, 0.15) is 36.2 Å². The molecule has 1 aromatic carbocycles. The summed E-state index contributed by atoms with van der Waals surface area (Å²) in [7, 11) is 0. The predicted molar refractivity (Wildman–Crippen MR) is 114 cm³/mol. The van der Waals surface area contributed by atoms with Crippen LogP contribution in [-0.4, -0.2) is 44.5 Å². The summed E-state index contributed by atoms with van der Waals surface area (Å²) in [5.41, 5.74) is 1.80. The van der Waals surface area contributed by atoms with Gasteiger partial charge in [-0.1, -0.05) is 25.6 Å². The minimum Gasteiger partial charge on any atom is -0.369 e. The Bertz CT molecular complexity index is 1020. The van der Waals surface area contributed by atoms with E-state index in [1.165, 1.54) is 0 Å². The lowest BCUT2D eigenvalue weighted by atomic mass is 10.1. The van der Waals surface area contributed by atoms with Gasteiger partial charge in [0.1, 0.15) is 5.82 Å². The summed E-state index contributed by atoms with van der Waals surface area (Å²) < 4.78 is 1.78. The molecule has 0 unspecified atom stereocenters. The third-order valence-corrected chi connectivity index (χ3v) is 4.91. The van der Waals surface area contributed by atoms with Gasteiger partial charge >= 0.3 is 0 Å². The van der Waals surface area contributed by atoms with Crippen molar-refractivity contribution in [3.05, 3.63) is 41.6 Å². The van der Waals surface area contributed by atoms with Gasteiger partial charge in [0.15, 0.2) is 10.8 Å². The van der Waals surface area contributed by atoms with Crippen LogP contribution in [0.25, 0.3) is 11.0 Å². The Morgan fingerprint density at radius 1 is 1.21 bits per heavy atom. The molecular weight excluding hydrogens is 386 g/mol. The molecule has 3 aromatic rings. The fourth-order valence-electron chi connectivity index (χ4n) is 2.74. The number of carbonyl (C=O) groups is 1. The first-order valence-electron chi connectivity index (χ1n) is 9.54. The number of hydrogen-bond donors (Lipinski definition) is 2.